The van der Waals surface area contributed by atoms with E-state index in [0.29, 0.717) is 0 Å². The predicted octanol–water partition coefficient (Wildman–Crippen LogP) is 7.99. The minimum absolute atomic E-state index is 0.0991. The van der Waals surface area contributed by atoms with Crippen LogP contribution in [0.15, 0.2) is 109 Å². The second-order valence-electron chi connectivity index (χ2n) is 8.54. The monoisotopic (exact) mass is 479 g/mol. The van der Waals surface area contributed by atoms with E-state index in [1.807, 2.05) is 23.9 Å². The zero-order chi connectivity index (χ0) is 24.0. The third-order valence-corrected chi connectivity index (χ3v) is 7.81. The van der Waals surface area contributed by atoms with Gasteiger partial charge in [-0.15, -0.1) is 11.8 Å². The van der Waals surface area contributed by atoms with Crippen LogP contribution in [-0.2, 0) is 5.75 Å². The Morgan fingerprint density at radius 3 is 2.11 bits per heavy atom. The van der Waals surface area contributed by atoms with E-state index in [0.717, 1.165) is 22.8 Å². The summed E-state index contributed by atoms with van der Waals surface area (Å²) in [6.07, 6.45) is 2.17. The SMILES string of the molecule is COc1cccc([C@H](c2c[nH]c3ccccc23)[C@@H](SCc2ccccc2)c2cccc(OC)c2)c1. The molecule has 0 unspecified atom stereocenters. The molecule has 176 valence electrons. The number of aromatic amines is 1. The van der Waals surface area contributed by atoms with Crippen molar-refractivity contribution in [3.63, 3.8) is 0 Å². The number of ether oxygens (including phenoxy) is 2. The molecule has 3 nitrogen and oxygen atoms in total. The van der Waals surface area contributed by atoms with Gasteiger partial charge in [0.2, 0.25) is 0 Å². The zero-order valence-electron chi connectivity index (χ0n) is 20.0. The maximum Gasteiger partial charge on any atom is 0.119 e. The van der Waals surface area contributed by atoms with Crippen LogP contribution in [0.1, 0.15) is 33.4 Å². The van der Waals surface area contributed by atoms with E-state index in [1.54, 1.807) is 14.2 Å². The van der Waals surface area contributed by atoms with E-state index in [-0.39, 0.29) is 11.2 Å². The molecule has 2 atom stereocenters. The van der Waals surface area contributed by atoms with E-state index < -0.39 is 0 Å². The van der Waals surface area contributed by atoms with Crippen molar-refractivity contribution in [3.05, 3.63) is 132 Å². The van der Waals surface area contributed by atoms with Crippen molar-refractivity contribution in [2.75, 3.05) is 14.2 Å². The number of fused-ring (bicyclic) bond motifs is 1. The third kappa shape index (κ3) is 5.08. The lowest BCUT2D eigenvalue weighted by atomic mass is 9.85. The number of hydrogen-bond donors (Lipinski definition) is 1. The molecule has 0 bridgehead atoms. The molecule has 1 heterocycles. The van der Waals surface area contributed by atoms with Crippen LogP contribution in [-0.4, -0.2) is 19.2 Å². The fourth-order valence-electron chi connectivity index (χ4n) is 4.67. The van der Waals surface area contributed by atoms with Gasteiger partial charge in [0.15, 0.2) is 0 Å². The molecule has 0 amide bonds. The fourth-order valence-corrected chi connectivity index (χ4v) is 6.07. The third-order valence-electron chi connectivity index (χ3n) is 6.41. The van der Waals surface area contributed by atoms with E-state index in [9.17, 15) is 0 Å². The number of thioether (sulfide) groups is 1. The lowest BCUT2D eigenvalue weighted by Gasteiger charge is -2.29. The van der Waals surface area contributed by atoms with Gasteiger partial charge in [-0.1, -0.05) is 72.8 Å². The molecule has 0 saturated heterocycles. The Balaban J connectivity index is 1.67. The number of aromatic nitrogens is 1. The van der Waals surface area contributed by atoms with Crippen molar-refractivity contribution in [2.45, 2.75) is 16.9 Å². The number of nitrogens with one attached hydrogen (secondary N) is 1. The van der Waals surface area contributed by atoms with Crippen LogP contribution in [0.4, 0.5) is 0 Å². The lowest BCUT2D eigenvalue weighted by molar-refractivity contribution is 0.413. The molecule has 5 rings (SSSR count). The van der Waals surface area contributed by atoms with Gasteiger partial charge in [0.1, 0.15) is 11.5 Å². The van der Waals surface area contributed by atoms with E-state index in [1.165, 1.54) is 27.6 Å². The van der Waals surface area contributed by atoms with Crippen molar-refractivity contribution in [2.24, 2.45) is 0 Å². The van der Waals surface area contributed by atoms with E-state index in [4.69, 9.17) is 9.47 Å². The molecule has 35 heavy (non-hydrogen) atoms. The normalized spacial score (nSPS) is 12.9. The zero-order valence-corrected chi connectivity index (χ0v) is 20.8. The molecule has 4 aromatic carbocycles. The topological polar surface area (TPSA) is 34.2 Å². The molecule has 0 saturated carbocycles. The van der Waals surface area contributed by atoms with Gasteiger partial charge in [-0.25, -0.2) is 0 Å². The van der Waals surface area contributed by atoms with Crippen LogP contribution >= 0.6 is 11.8 Å². The predicted molar refractivity (Wildman–Crippen MR) is 147 cm³/mol. The maximum atomic E-state index is 5.63. The highest BCUT2D eigenvalue weighted by molar-refractivity contribution is 7.98. The highest BCUT2D eigenvalue weighted by atomic mass is 32.2. The van der Waals surface area contributed by atoms with Crippen LogP contribution in [0.25, 0.3) is 10.9 Å². The van der Waals surface area contributed by atoms with Crippen molar-refractivity contribution < 1.29 is 9.47 Å². The van der Waals surface area contributed by atoms with Gasteiger partial charge < -0.3 is 14.5 Å². The fraction of sp³-hybridized carbons (Fsp3) is 0.161. The number of hydrogen-bond acceptors (Lipinski definition) is 3. The molecule has 0 radical (unpaired) electrons. The summed E-state index contributed by atoms with van der Waals surface area (Å²) in [7, 11) is 3.45. The minimum Gasteiger partial charge on any atom is -0.497 e. The summed E-state index contributed by atoms with van der Waals surface area (Å²) >= 11 is 1.96. The lowest BCUT2D eigenvalue weighted by Crippen LogP contribution is -2.11. The summed E-state index contributed by atoms with van der Waals surface area (Å²) in [5.41, 5.74) is 6.20. The Labute approximate surface area is 211 Å². The van der Waals surface area contributed by atoms with Gasteiger partial charge in [0.05, 0.1) is 14.2 Å². The smallest absolute Gasteiger partial charge is 0.119 e. The molecular formula is C31H29NO2S. The Bertz CT molecular complexity index is 1400. The number of para-hydroxylation sites is 1. The summed E-state index contributed by atoms with van der Waals surface area (Å²) in [5.74, 6) is 2.74. The maximum absolute atomic E-state index is 5.63. The highest BCUT2D eigenvalue weighted by Crippen LogP contribution is 2.49. The molecule has 0 spiro atoms. The van der Waals surface area contributed by atoms with Crippen LogP contribution in [0.3, 0.4) is 0 Å². The summed E-state index contributed by atoms with van der Waals surface area (Å²) in [6.45, 7) is 0. The van der Waals surface area contributed by atoms with Crippen molar-refractivity contribution >= 4 is 22.7 Å². The van der Waals surface area contributed by atoms with Crippen LogP contribution in [0.2, 0.25) is 0 Å². The molecular weight excluding hydrogens is 450 g/mol. The van der Waals surface area contributed by atoms with Crippen molar-refractivity contribution in [3.8, 4) is 11.5 Å². The van der Waals surface area contributed by atoms with Gasteiger partial charge in [-0.2, -0.15) is 0 Å². The first-order chi connectivity index (χ1) is 17.3. The molecule has 0 aliphatic heterocycles. The largest absolute Gasteiger partial charge is 0.497 e. The van der Waals surface area contributed by atoms with Gasteiger partial charge in [-0.3, -0.25) is 0 Å². The number of rotatable bonds is 9. The first-order valence-electron chi connectivity index (χ1n) is 11.8. The number of benzene rings is 4. The van der Waals surface area contributed by atoms with Crippen LogP contribution < -0.4 is 9.47 Å². The van der Waals surface area contributed by atoms with E-state index in [2.05, 4.69) is 102 Å². The van der Waals surface area contributed by atoms with Crippen LogP contribution in [0.5, 0.6) is 11.5 Å². The first kappa shape index (κ1) is 23.1. The molecule has 0 aliphatic rings. The summed E-state index contributed by atoms with van der Waals surface area (Å²) in [6, 6.07) is 36.2. The van der Waals surface area contributed by atoms with Gasteiger partial charge in [-0.05, 0) is 52.6 Å². The Morgan fingerprint density at radius 2 is 1.37 bits per heavy atom. The van der Waals surface area contributed by atoms with Crippen molar-refractivity contribution in [1.29, 1.82) is 0 Å². The van der Waals surface area contributed by atoms with E-state index >= 15 is 0 Å². The molecule has 1 N–H and O–H groups in total. The average molecular weight is 480 g/mol. The van der Waals surface area contributed by atoms with Crippen LogP contribution in [0, 0.1) is 0 Å². The Hall–Kier alpha value is -3.63. The number of H-pyrrole nitrogens is 1. The second kappa shape index (κ2) is 10.7. The summed E-state index contributed by atoms with van der Waals surface area (Å²) < 4.78 is 11.2. The van der Waals surface area contributed by atoms with Crippen molar-refractivity contribution in [1.82, 2.24) is 4.98 Å². The highest BCUT2D eigenvalue weighted by Gasteiger charge is 2.30. The molecule has 0 fully saturated rings. The molecule has 4 heteroatoms. The minimum atomic E-state index is 0.0991. The Morgan fingerprint density at radius 1 is 0.714 bits per heavy atom. The second-order valence-corrected chi connectivity index (χ2v) is 9.67. The van der Waals surface area contributed by atoms with Gasteiger partial charge in [0, 0.05) is 34.0 Å². The molecule has 5 aromatic rings. The summed E-state index contributed by atoms with van der Waals surface area (Å²) in [4.78, 5) is 3.50. The van der Waals surface area contributed by atoms with Gasteiger partial charge in [0.25, 0.3) is 0 Å². The summed E-state index contributed by atoms with van der Waals surface area (Å²) in [5, 5.41) is 1.39. The molecule has 1 aromatic heterocycles. The standard InChI is InChI=1S/C31H29NO2S/c1-33-25-14-8-12-23(18-25)30(28-20-32-29-17-7-6-16-27(28)29)31(24-13-9-15-26(19-24)34-2)35-21-22-10-4-3-5-11-22/h3-20,30-32H,21H2,1-2H3/t30-,31+/m1/s1. The van der Waals surface area contributed by atoms with Gasteiger partial charge >= 0.3 is 0 Å². The first-order valence-corrected chi connectivity index (χ1v) is 12.8. The average Bonchev–Trinajstić information content (AvgIpc) is 3.35. The number of methoxy groups -OCH3 is 2. The Kier molecular flexibility index (Phi) is 7.10. The quantitative estimate of drug-likeness (QED) is 0.233. The molecule has 0 aliphatic carbocycles.